The number of carbonyl (C=O) groups excluding carboxylic acids is 2. The van der Waals surface area contributed by atoms with Crippen LogP contribution in [-0.2, 0) is 19.6 Å². The molecule has 0 unspecified atom stereocenters. The number of sulfonamides is 1. The molecular formula is C21H20ClN3O5S. The first kappa shape index (κ1) is 22.7. The normalized spacial score (nSPS) is 14.5. The first-order chi connectivity index (χ1) is 14.8. The lowest BCUT2D eigenvalue weighted by Crippen LogP contribution is -2.35. The van der Waals surface area contributed by atoms with Crippen molar-refractivity contribution in [1.82, 2.24) is 4.31 Å². The number of nitrogens with zero attached hydrogens (tertiary/aromatic N) is 2. The highest BCUT2D eigenvalue weighted by atomic mass is 35.5. The number of hydrogen-bond donors (Lipinski definition) is 1. The van der Waals surface area contributed by atoms with Crippen LogP contribution in [0.3, 0.4) is 0 Å². The first-order valence-corrected chi connectivity index (χ1v) is 11.4. The van der Waals surface area contributed by atoms with Gasteiger partial charge in [-0.1, -0.05) is 18.0 Å². The van der Waals surface area contributed by atoms with E-state index in [1.165, 1.54) is 34.6 Å². The quantitative estimate of drug-likeness (QED) is 0.660. The number of hydrogen-bond acceptors (Lipinski definition) is 6. The minimum Gasteiger partial charge on any atom is -0.452 e. The van der Waals surface area contributed by atoms with Gasteiger partial charge in [0.2, 0.25) is 10.0 Å². The molecule has 1 heterocycles. The van der Waals surface area contributed by atoms with Crippen molar-refractivity contribution >= 4 is 39.2 Å². The Hall–Kier alpha value is -2.93. The van der Waals surface area contributed by atoms with Gasteiger partial charge in [0.05, 0.1) is 27.1 Å². The second-order valence-electron chi connectivity index (χ2n) is 6.92. The molecular weight excluding hydrogens is 442 g/mol. The molecule has 31 heavy (non-hydrogen) atoms. The maximum absolute atomic E-state index is 12.8. The zero-order chi connectivity index (χ0) is 22.4. The smallest absolute Gasteiger partial charge is 0.340 e. The van der Waals surface area contributed by atoms with Crippen LogP contribution >= 0.6 is 11.6 Å². The minimum atomic E-state index is -3.75. The summed E-state index contributed by atoms with van der Waals surface area (Å²) >= 11 is 6.06. The molecule has 0 aromatic heterocycles. The average Bonchev–Trinajstić information content (AvgIpc) is 2.78. The van der Waals surface area contributed by atoms with Gasteiger partial charge in [-0.2, -0.15) is 9.57 Å². The summed E-state index contributed by atoms with van der Waals surface area (Å²) in [5, 5.41) is 11.3. The van der Waals surface area contributed by atoms with E-state index in [1.54, 1.807) is 12.1 Å². The second-order valence-corrected chi connectivity index (χ2v) is 9.26. The van der Waals surface area contributed by atoms with Gasteiger partial charge in [-0.05, 0) is 55.3 Å². The number of nitriles is 1. The molecule has 1 amide bonds. The third-order valence-electron chi connectivity index (χ3n) is 4.74. The van der Waals surface area contributed by atoms with E-state index in [9.17, 15) is 18.0 Å². The van der Waals surface area contributed by atoms with E-state index in [2.05, 4.69) is 5.32 Å². The number of benzene rings is 2. The predicted molar refractivity (Wildman–Crippen MR) is 114 cm³/mol. The van der Waals surface area contributed by atoms with E-state index in [0.29, 0.717) is 24.3 Å². The van der Waals surface area contributed by atoms with Crippen molar-refractivity contribution in [3.05, 3.63) is 58.6 Å². The zero-order valence-corrected chi connectivity index (χ0v) is 18.1. The Morgan fingerprint density at radius 3 is 2.42 bits per heavy atom. The Balaban J connectivity index is 1.66. The number of rotatable bonds is 6. The third kappa shape index (κ3) is 5.61. The molecule has 10 heteroatoms. The second kappa shape index (κ2) is 9.92. The molecule has 0 radical (unpaired) electrons. The number of carbonyl (C=O) groups is 2. The highest BCUT2D eigenvalue weighted by Gasteiger charge is 2.27. The fourth-order valence-corrected chi connectivity index (χ4v) is 4.85. The van der Waals surface area contributed by atoms with Crippen molar-refractivity contribution in [1.29, 1.82) is 5.26 Å². The van der Waals surface area contributed by atoms with Crippen molar-refractivity contribution < 1.29 is 22.7 Å². The molecule has 0 atom stereocenters. The van der Waals surface area contributed by atoms with Gasteiger partial charge in [-0.25, -0.2) is 13.2 Å². The van der Waals surface area contributed by atoms with Gasteiger partial charge in [0.1, 0.15) is 0 Å². The molecule has 1 fully saturated rings. The number of ether oxygens (including phenoxy) is 1. The molecule has 2 aromatic rings. The molecule has 1 aliphatic heterocycles. The molecule has 1 saturated heterocycles. The molecule has 0 spiro atoms. The molecule has 162 valence electrons. The zero-order valence-electron chi connectivity index (χ0n) is 16.5. The fourth-order valence-electron chi connectivity index (χ4n) is 3.11. The maximum atomic E-state index is 12.8. The number of nitrogens with one attached hydrogen (secondary N) is 1. The van der Waals surface area contributed by atoms with E-state index < -0.39 is 28.5 Å². The van der Waals surface area contributed by atoms with Gasteiger partial charge in [-0.3, -0.25) is 4.79 Å². The summed E-state index contributed by atoms with van der Waals surface area (Å²) in [6.45, 7) is 0.277. The lowest BCUT2D eigenvalue weighted by molar-refractivity contribution is -0.119. The van der Waals surface area contributed by atoms with E-state index in [1.807, 2.05) is 6.07 Å². The minimum absolute atomic E-state index is 0.0232. The SMILES string of the molecule is N#Cc1ccc(NC(=O)COC(=O)c2cc(S(=O)(=O)N3CCCCC3)ccc2Cl)cc1. The van der Waals surface area contributed by atoms with Crippen molar-refractivity contribution in [2.75, 3.05) is 25.0 Å². The Kier molecular flexibility index (Phi) is 7.28. The fraction of sp³-hybridized carbons (Fsp3) is 0.286. The van der Waals surface area contributed by atoms with Crippen LogP contribution < -0.4 is 5.32 Å². The van der Waals surface area contributed by atoms with Crippen LogP contribution in [0.25, 0.3) is 0 Å². The topological polar surface area (TPSA) is 117 Å². The summed E-state index contributed by atoms with van der Waals surface area (Å²) in [6.07, 6.45) is 2.56. The van der Waals surface area contributed by atoms with Crippen LogP contribution in [0.4, 0.5) is 5.69 Å². The van der Waals surface area contributed by atoms with E-state index in [-0.39, 0.29) is 15.5 Å². The van der Waals surface area contributed by atoms with Gasteiger partial charge in [-0.15, -0.1) is 0 Å². The number of anilines is 1. The number of piperidine rings is 1. The van der Waals surface area contributed by atoms with E-state index in [4.69, 9.17) is 21.6 Å². The van der Waals surface area contributed by atoms with E-state index >= 15 is 0 Å². The largest absolute Gasteiger partial charge is 0.452 e. The number of esters is 1. The lowest BCUT2D eigenvalue weighted by atomic mass is 10.2. The summed E-state index contributed by atoms with van der Waals surface area (Å²) < 4.78 is 32.1. The van der Waals surface area contributed by atoms with Crippen LogP contribution in [0.2, 0.25) is 5.02 Å². The summed E-state index contributed by atoms with van der Waals surface area (Å²) in [4.78, 5) is 24.4. The Bertz CT molecular complexity index is 1120. The Labute approximate surface area is 185 Å². The van der Waals surface area contributed by atoms with Crippen LogP contribution in [0.5, 0.6) is 0 Å². The molecule has 0 aliphatic carbocycles. The van der Waals surface area contributed by atoms with Crippen LogP contribution in [-0.4, -0.2) is 44.3 Å². The number of amides is 1. The van der Waals surface area contributed by atoms with Gasteiger partial charge in [0.15, 0.2) is 6.61 Å². The monoisotopic (exact) mass is 461 g/mol. The molecule has 8 nitrogen and oxygen atoms in total. The van der Waals surface area contributed by atoms with Crippen molar-refractivity contribution in [2.45, 2.75) is 24.2 Å². The first-order valence-electron chi connectivity index (χ1n) is 9.58. The summed E-state index contributed by atoms with van der Waals surface area (Å²) in [5.74, 6) is -1.50. The molecule has 3 rings (SSSR count). The highest BCUT2D eigenvalue weighted by Crippen LogP contribution is 2.25. The predicted octanol–water partition coefficient (Wildman–Crippen LogP) is 3.18. The van der Waals surface area contributed by atoms with E-state index in [0.717, 1.165) is 19.3 Å². The van der Waals surface area contributed by atoms with Crippen LogP contribution in [0, 0.1) is 11.3 Å². The summed E-state index contributed by atoms with van der Waals surface area (Å²) in [5.41, 5.74) is 0.747. The Morgan fingerprint density at radius 1 is 1.10 bits per heavy atom. The van der Waals surface area contributed by atoms with Gasteiger partial charge in [0.25, 0.3) is 5.91 Å². The van der Waals surface area contributed by atoms with Crippen molar-refractivity contribution in [3.63, 3.8) is 0 Å². The molecule has 2 aromatic carbocycles. The Morgan fingerprint density at radius 2 is 1.77 bits per heavy atom. The molecule has 0 saturated carbocycles. The average molecular weight is 462 g/mol. The number of halogens is 1. The van der Waals surface area contributed by atoms with Crippen LogP contribution in [0.1, 0.15) is 35.2 Å². The van der Waals surface area contributed by atoms with Crippen molar-refractivity contribution in [3.8, 4) is 6.07 Å². The third-order valence-corrected chi connectivity index (χ3v) is 6.97. The molecule has 0 bridgehead atoms. The molecule has 1 aliphatic rings. The molecule has 1 N–H and O–H groups in total. The summed E-state index contributed by atoms with van der Waals surface area (Å²) in [7, 11) is -3.75. The summed E-state index contributed by atoms with van der Waals surface area (Å²) in [6, 6.07) is 12.0. The van der Waals surface area contributed by atoms with Crippen LogP contribution in [0.15, 0.2) is 47.4 Å². The maximum Gasteiger partial charge on any atom is 0.340 e. The van der Waals surface area contributed by atoms with Gasteiger partial charge < -0.3 is 10.1 Å². The van der Waals surface area contributed by atoms with Gasteiger partial charge in [0, 0.05) is 18.8 Å². The highest BCUT2D eigenvalue weighted by molar-refractivity contribution is 7.89. The van der Waals surface area contributed by atoms with Gasteiger partial charge >= 0.3 is 5.97 Å². The standard InChI is InChI=1S/C21H20ClN3O5S/c22-19-9-8-17(31(28,29)25-10-2-1-3-11-25)12-18(19)21(27)30-14-20(26)24-16-6-4-15(13-23)5-7-16/h4-9,12H,1-3,10-11,14H2,(H,24,26). The lowest BCUT2D eigenvalue weighted by Gasteiger charge is -2.26. The van der Waals surface area contributed by atoms with Crippen molar-refractivity contribution in [2.24, 2.45) is 0 Å².